The summed E-state index contributed by atoms with van der Waals surface area (Å²) in [5.41, 5.74) is 9.61. The van der Waals surface area contributed by atoms with Crippen molar-refractivity contribution in [1.29, 1.82) is 0 Å². The third-order valence-corrected chi connectivity index (χ3v) is 4.03. The van der Waals surface area contributed by atoms with E-state index in [9.17, 15) is 9.82 Å². The minimum Gasteiger partial charge on any atom is -0.508 e. The first-order chi connectivity index (χ1) is 12.2. The molecule has 2 heterocycles. The van der Waals surface area contributed by atoms with Gasteiger partial charge in [-0.05, 0) is 41.5 Å². The average Bonchev–Trinajstić information content (AvgIpc) is 3.09. The SMILES string of the molecule is Nc1cnnc2cc(-c3cc(B(O)OC=O)c4occc4c3)ccc12. The molecule has 4 rings (SSSR count). The molecule has 25 heavy (non-hydrogen) atoms. The van der Waals surface area contributed by atoms with Crippen LogP contribution < -0.4 is 11.2 Å². The van der Waals surface area contributed by atoms with E-state index < -0.39 is 7.12 Å². The van der Waals surface area contributed by atoms with Gasteiger partial charge < -0.3 is 19.8 Å². The monoisotopic (exact) mass is 333 g/mol. The number of nitrogens with zero attached hydrogens (tertiary/aromatic N) is 2. The van der Waals surface area contributed by atoms with Crippen molar-refractivity contribution in [3.05, 3.63) is 48.9 Å². The van der Waals surface area contributed by atoms with Crippen LogP contribution in [0.2, 0.25) is 0 Å². The van der Waals surface area contributed by atoms with Gasteiger partial charge in [-0.1, -0.05) is 6.07 Å². The van der Waals surface area contributed by atoms with Gasteiger partial charge in [-0.2, -0.15) is 10.2 Å². The largest absolute Gasteiger partial charge is 0.565 e. The highest BCUT2D eigenvalue weighted by atomic mass is 16.5. The first kappa shape index (κ1) is 15.2. The van der Waals surface area contributed by atoms with E-state index in [1.54, 1.807) is 12.1 Å². The van der Waals surface area contributed by atoms with Gasteiger partial charge in [0.1, 0.15) is 5.58 Å². The van der Waals surface area contributed by atoms with E-state index in [-0.39, 0.29) is 6.47 Å². The van der Waals surface area contributed by atoms with Crippen LogP contribution in [0.15, 0.2) is 53.3 Å². The molecule has 0 bridgehead atoms. The van der Waals surface area contributed by atoms with Crippen LogP contribution in [-0.4, -0.2) is 28.8 Å². The molecule has 2 aromatic heterocycles. The summed E-state index contributed by atoms with van der Waals surface area (Å²) >= 11 is 0. The summed E-state index contributed by atoms with van der Waals surface area (Å²) in [4.78, 5) is 10.6. The third-order valence-electron chi connectivity index (χ3n) is 4.03. The average molecular weight is 333 g/mol. The van der Waals surface area contributed by atoms with Crippen LogP contribution in [0.3, 0.4) is 0 Å². The summed E-state index contributed by atoms with van der Waals surface area (Å²) < 4.78 is 10.1. The Balaban J connectivity index is 1.90. The Bertz CT molecular complexity index is 1100. The smallest absolute Gasteiger partial charge is 0.508 e. The molecule has 0 aliphatic rings. The lowest BCUT2D eigenvalue weighted by molar-refractivity contribution is -0.121. The van der Waals surface area contributed by atoms with Crippen molar-refractivity contribution in [2.24, 2.45) is 0 Å². The van der Waals surface area contributed by atoms with Crippen molar-refractivity contribution < 1.29 is 18.9 Å². The number of carbonyl (C=O) groups is 1. The lowest BCUT2D eigenvalue weighted by Crippen LogP contribution is -2.33. The molecule has 0 aliphatic heterocycles. The van der Waals surface area contributed by atoms with E-state index in [0.29, 0.717) is 22.2 Å². The Hall–Kier alpha value is -3.39. The molecule has 8 heteroatoms. The van der Waals surface area contributed by atoms with Gasteiger partial charge in [-0.15, -0.1) is 0 Å². The van der Waals surface area contributed by atoms with Crippen molar-refractivity contribution in [3.63, 3.8) is 0 Å². The summed E-state index contributed by atoms with van der Waals surface area (Å²) in [7, 11) is -1.41. The van der Waals surface area contributed by atoms with Crippen LogP contribution in [0.5, 0.6) is 0 Å². The van der Waals surface area contributed by atoms with Crippen molar-refractivity contribution in [3.8, 4) is 11.1 Å². The van der Waals surface area contributed by atoms with Crippen LogP contribution in [0.1, 0.15) is 0 Å². The van der Waals surface area contributed by atoms with E-state index in [2.05, 4.69) is 14.9 Å². The maximum Gasteiger partial charge on any atom is 0.565 e. The minimum atomic E-state index is -1.41. The van der Waals surface area contributed by atoms with Gasteiger partial charge in [0.15, 0.2) is 0 Å². The Morgan fingerprint density at radius 1 is 1.20 bits per heavy atom. The molecular weight excluding hydrogens is 321 g/mol. The molecule has 0 fully saturated rings. The standard InChI is InChI=1S/C17H12BN3O4/c19-15-8-20-21-16-7-10(1-2-13(15)16)12-5-11-3-4-24-17(11)14(6-12)18(23)25-9-22/h1-9,23H,(H2,19,21). The first-order valence-corrected chi connectivity index (χ1v) is 7.47. The fourth-order valence-corrected chi connectivity index (χ4v) is 2.85. The maximum atomic E-state index is 10.6. The number of aromatic nitrogens is 2. The molecule has 122 valence electrons. The lowest BCUT2D eigenvalue weighted by atomic mass is 9.77. The minimum absolute atomic E-state index is 0.195. The van der Waals surface area contributed by atoms with E-state index in [1.807, 2.05) is 24.3 Å². The zero-order chi connectivity index (χ0) is 17.4. The Morgan fingerprint density at radius 3 is 2.92 bits per heavy atom. The number of benzene rings is 2. The van der Waals surface area contributed by atoms with Crippen LogP contribution in [-0.2, 0) is 9.45 Å². The maximum absolute atomic E-state index is 10.6. The second kappa shape index (κ2) is 5.92. The van der Waals surface area contributed by atoms with Gasteiger partial charge in [-0.3, -0.25) is 4.79 Å². The molecule has 3 N–H and O–H groups in total. The summed E-state index contributed by atoms with van der Waals surface area (Å²) in [5.74, 6) is 0. The molecule has 2 aromatic carbocycles. The van der Waals surface area contributed by atoms with E-state index in [4.69, 9.17) is 10.2 Å². The predicted octanol–water partition coefficient (Wildman–Crippen LogP) is 1.49. The Labute approximate surface area is 142 Å². The molecule has 0 aliphatic carbocycles. The van der Waals surface area contributed by atoms with Gasteiger partial charge in [0, 0.05) is 16.2 Å². The van der Waals surface area contributed by atoms with Crippen LogP contribution in [0, 0.1) is 0 Å². The molecule has 0 atom stereocenters. The van der Waals surface area contributed by atoms with Gasteiger partial charge >= 0.3 is 7.12 Å². The van der Waals surface area contributed by atoms with Gasteiger partial charge in [0.25, 0.3) is 6.47 Å². The van der Waals surface area contributed by atoms with Gasteiger partial charge in [-0.25, -0.2) is 0 Å². The van der Waals surface area contributed by atoms with Crippen molar-refractivity contribution >= 4 is 46.6 Å². The van der Waals surface area contributed by atoms with E-state index in [0.717, 1.165) is 21.9 Å². The molecule has 0 spiro atoms. The zero-order valence-electron chi connectivity index (χ0n) is 12.9. The van der Waals surface area contributed by atoms with Crippen molar-refractivity contribution in [2.45, 2.75) is 0 Å². The number of anilines is 1. The quantitative estimate of drug-likeness (QED) is 0.430. The molecule has 0 unspecified atom stereocenters. The summed E-state index contributed by atoms with van der Waals surface area (Å²) in [6.07, 6.45) is 3.02. The highest BCUT2D eigenvalue weighted by Gasteiger charge is 2.24. The number of carbonyl (C=O) groups excluding carboxylic acids is 1. The fourth-order valence-electron chi connectivity index (χ4n) is 2.85. The second-order valence-corrected chi connectivity index (χ2v) is 5.52. The number of rotatable bonds is 4. The molecule has 0 saturated heterocycles. The molecule has 7 nitrogen and oxygen atoms in total. The van der Waals surface area contributed by atoms with Crippen LogP contribution >= 0.6 is 0 Å². The molecule has 0 radical (unpaired) electrons. The number of hydrogen-bond acceptors (Lipinski definition) is 7. The lowest BCUT2D eigenvalue weighted by Gasteiger charge is -2.09. The molecule has 0 amide bonds. The molecule has 0 saturated carbocycles. The van der Waals surface area contributed by atoms with Crippen molar-refractivity contribution in [1.82, 2.24) is 10.2 Å². The first-order valence-electron chi connectivity index (χ1n) is 7.47. The van der Waals surface area contributed by atoms with Crippen molar-refractivity contribution in [2.75, 3.05) is 5.73 Å². The van der Waals surface area contributed by atoms with Crippen LogP contribution in [0.4, 0.5) is 5.69 Å². The van der Waals surface area contributed by atoms with Gasteiger partial charge in [0.2, 0.25) is 0 Å². The highest BCUT2D eigenvalue weighted by Crippen LogP contribution is 2.28. The highest BCUT2D eigenvalue weighted by molar-refractivity contribution is 6.64. The van der Waals surface area contributed by atoms with E-state index in [1.165, 1.54) is 12.5 Å². The third kappa shape index (κ3) is 2.58. The topological polar surface area (TPSA) is 111 Å². The Kier molecular flexibility index (Phi) is 3.59. The number of hydrogen-bond donors (Lipinski definition) is 2. The molecule has 4 aromatic rings. The number of nitrogen functional groups attached to an aromatic ring is 1. The molecular formula is C17H12BN3O4. The summed E-state index contributed by atoms with van der Waals surface area (Å²) in [6, 6.07) is 11.0. The number of nitrogens with two attached hydrogens (primary N) is 1. The summed E-state index contributed by atoms with van der Waals surface area (Å²) in [6.45, 7) is 0.195. The predicted molar refractivity (Wildman–Crippen MR) is 93.9 cm³/mol. The number of furan rings is 1. The second-order valence-electron chi connectivity index (χ2n) is 5.52. The normalized spacial score (nSPS) is 10.9. The fraction of sp³-hybridized carbons (Fsp3) is 0. The number of fused-ring (bicyclic) bond motifs is 2. The Morgan fingerprint density at radius 2 is 2.08 bits per heavy atom. The van der Waals surface area contributed by atoms with Crippen LogP contribution in [0.25, 0.3) is 33.0 Å². The van der Waals surface area contributed by atoms with E-state index >= 15 is 0 Å². The zero-order valence-corrected chi connectivity index (χ0v) is 12.9. The summed E-state index contributed by atoms with van der Waals surface area (Å²) in [5, 5.41) is 19.6. The van der Waals surface area contributed by atoms with Gasteiger partial charge in [0.05, 0.1) is 23.7 Å².